The Bertz CT molecular complexity index is 167. The maximum Gasteiger partial charge on any atom is -0.0174 e. The van der Waals surface area contributed by atoms with Crippen molar-refractivity contribution >= 4 is 0 Å². The molecule has 0 radical (unpaired) electrons. The van der Waals surface area contributed by atoms with Crippen LogP contribution >= 0.6 is 0 Å². The Labute approximate surface area is 69.7 Å². The summed E-state index contributed by atoms with van der Waals surface area (Å²) in [7, 11) is 0. The molecule has 0 aromatic carbocycles. The summed E-state index contributed by atoms with van der Waals surface area (Å²) in [6.45, 7) is 8.63. The Kier molecular flexibility index (Phi) is 1.59. The van der Waals surface area contributed by atoms with E-state index in [-0.39, 0.29) is 0 Å². The molecule has 2 aliphatic rings. The quantitative estimate of drug-likeness (QED) is 0.531. The number of rotatable bonds is 2. The molecule has 2 aliphatic carbocycles. The second kappa shape index (κ2) is 2.36. The van der Waals surface area contributed by atoms with Crippen LogP contribution in [-0.2, 0) is 0 Å². The molecule has 0 bridgehead atoms. The zero-order valence-corrected chi connectivity index (χ0v) is 7.59. The van der Waals surface area contributed by atoms with Crippen molar-refractivity contribution < 1.29 is 0 Å². The predicted molar refractivity (Wildman–Crippen MR) is 48.2 cm³/mol. The lowest BCUT2D eigenvalue weighted by Gasteiger charge is -2.62. The Hall–Kier alpha value is -0.260. The Morgan fingerprint density at radius 1 is 1.55 bits per heavy atom. The van der Waals surface area contributed by atoms with Crippen molar-refractivity contribution in [1.29, 1.82) is 0 Å². The van der Waals surface area contributed by atoms with Crippen molar-refractivity contribution in [1.82, 2.24) is 0 Å². The fourth-order valence-corrected chi connectivity index (χ4v) is 3.28. The first-order valence-corrected chi connectivity index (χ1v) is 4.92. The molecule has 5 atom stereocenters. The van der Waals surface area contributed by atoms with Gasteiger partial charge in [0.15, 0.2) is 0 Å². The van der Waals surface area contributed by atoms with Gasteiger partial charge in [-0.05, 0) is 36.0 Å². The summed E-state index contributed by atoms with van der Waals surface area (Å²) in [6.07, 6.45) is 5.08. The number of allylic oxidation sites excluding steroid dienone is 1. The third kappa shape index (κ3) is 0.758. The Morgan fingerprint density at radius 2 is 2.27 bits per heavy atom. The van der Waals surface area contributed by atoms with Gasteiger partial charge in [-0.15, -0.1) is 6.58 Å². The van der Waals surface area contributed by atoms with Gasteiger partial charge in [0.25, 0.3) is 0 Å². The van der Waals surface area contributed by atoms with Crippen LogP contribution < -0.4 is 0 Å². The van der Waals surface area contributed by atoms with E-state index in [0.717, 1.165) is 29.6 Å². The number of hydrogen-bond acceptors (Lipinski definition) is 0. The summed E-state index contributed by atoms with van der Waals surface area (Å²) in [4.78, 5) is 0. The third-order valence-corrected chi connectivity index (χ3v) is 4.14. The average molecular weight is 150 g/mol. The molecule has 2 saturated carbocycles. The van der Waals surface area contributed by atoms with Gasteiger partial charge in [-0.1, -0.05) is 26.3 Å². The van der Waals surface area contributed by atoms with Crippen LogP contribution in [0.4, 0.5) is 0 Å². The zero-order chi connectivity index (χ0) is 8.01. The summed E-state index contributed by atoms with van der Waals surface area (Å²) in [5.41, 5.74) is 0. The van der Waals surface area contributed by atoms with E-state index >= 15 is 0 Å². The first-order chi connectivity index (χ1) is 5.29. The van der Waals surface area contributed by atoms with Crippen LogP contribution in [0.25, 0.3) is 0 Å². The normalized spacial score (nSPS) is 53.8. The molecule has 2 fully saturated rings. The van der Waals surface area contributed by atoms with Gasteiger partial charge in [-0.2, -0.15) is 0 Å². The maximum absolute atomic E-state index is 3.92. The molecule has 2 rings (SSSR count). The number of hydrogen-bond donors (Lipinski definition) is 0. The maximum atomic E-state index is 3.92. The molecule has 0 aromatic heterocycles. The highest BCUT2D eigenvalue weighted by atomic mass is 14.6. The van der Waals surface area contributed by atoms with Gasteiger partial charge >= 0.3 is 0 Å². The van der Waals surface area contributed by atoms with Crippen molar-refractivity contribution in [3.63, 3.8) is 0 Å². The summed E-state index contributed by atoms with van der Waals surface area (Å²) < 4.78 is 0. The molecule has 0 nitrogen and oxygen atoms in total. The molecule has 11 heavy (non-hydrogen) atoms. The molecule has 5 unspecified atom stereocenters. The fraction of sp³-hybridized carbons (Fsp3) is 0.818. The minimum absolute atomic E-state index is 0.860. The monoisotopic (exact) mass is 150 g/mol. The molecule has 0 spiro atoms. The average Bonchev–Trinajstić information content (AvgIpc) is 1.98. The van der Waals surface area contributed by atoms with Crippen LogP contribution in [0.3, 0.4) is 0 Å². The summed E-state index contributed by atoms with van der Waals surface area (Å²) in [5.74, 6) is 4.95. The highest BCUT2D eigenvalue weighted by Gasteiger charge is 2.56. The molecule has 0 amide bonds. The molecule has 62 valence electrons. The first-order valence-electron chi connectivity index (χ1n) is 4.92. The van der Waals surface area contributed by atoms with Gasteiger partial charge in [0.2, 0.25) is 0 Å². The van der Waals surface area contributed by atoms with E-state index in [1.54, 1.807) is 0 Å². The van der Waals surface area contributed by atoms with Crippen molar-refractivity contribution in [3.8, 4) is 0 Å². The van der Waals surface area contributed by atoms with Crippen molar-refractivity contribution in [2.45, 2.75) is 26.7 Å². The first kappa shape index (κ1) is 7.39. The summed E-state index contributed by atoms with van der Waals surface area (Å²) in [5, 5.41) is 0. The van der Waals surface area contributed by atoms with E-state index in [1.165, 1.54) is 12.8 Å². The van der Waals surface area contributed by atoms with Gasteiger partial charge in [0.05, 0.1) is 0 Å². The van der Waals surface area contributed by atoms with Gasteiger partial charge in [0, 0.05) is 0 Å². The van der Waals surface area contributed by atoms with Gasteiger partial charge < -0.3 is 0 Å². The van der Waals surface area contributed by atoms with Crippen LogP contribution in [-0.4, -0.2) is 0 Å². The summed E-state index contributed by atoms with van der Waals surface area (Å²) in [6, 6.07) is 0. The van der Waals surface area contributed by atoms with Crippen LogP contribution in [0.2, 0.25) is 0 Å². The molecule has 0 heteroatoms. The number of fused-ring (bicyclic) bond motifs is 1. The largest absolute Gasteiger partial charge is 0.103 e. The predicted octanol–water partition coefficient (Wildman–Crippen LogP) is 3.10. The van der Waals surface area contributed by atoms with E-state index in [4.69, 9.17) is 0 Å². The zero-order valence-electron chi connectivity index (χ0n) is 7.59. The molecule has 0 N–H and O–H groups in total. The van der Waals surface area contributed by atoms with Crippen LogP contribution in [0, 0.1) is 29.6 Å². The van der Waals surface area contributed by atoms with Gasteiger partial charge in [-0.3, -0.25) is 0 Å². The molecule has 0 heterocycles. The lowest BCUT2D eigenvalue weighted by Crippen LogP contribution is -2.56. The minimum atomic E-state index is 0.860. The smallest absolute Gasteiger partial charge is 0.0174 e. The molecule has 0 aliphatic heterocycles. The lowest BCUT2D eigenvalue weighted by molar-refractivity contribution is -0.123. The summed E-state index contributed by atoms with van der Waals surface area (Å²) >= 11 is 0. The Morgan fingerprint density at radius 3 is 2.82 bits per heavy atom. The van der Waals surface area contributed by atoms with Crippen LogP contribution in [0.1, 0.15) is 26.7 Å². The van der Waals surface area contributed by atoms with Crippen LogP contribution in [0.15, 0.2) is 12.7 Å². The van der Waals surface area contributed by atoms with E-state index in [1.807, 2.05) is 0 Å². The third-order valence-electron chi connectivity index (χ3n) is 4.14. The topological polar surface area (TPSA) is 0 Å². The lowest BCUT2D eigenvalue weighted by atomic mass is 9.42. The van der Waals surface area contributed by atoms with E-state index in [9.17, 15) is 0 Å². The van der Waals surface area contributed by atoms with E-state index in [0.29, 0.717) is 0 Å². The fourth-order valence-electron chi connectivity index (χ4n) is 3.28. The Balaban J connectivity index is 1.99. The van der Waals surface area contributed by atoms with Gasteiger partial charge in [0.1, 0.15) is 0 Å². The molecule has 0 aromatic rings. The molecular formula is C11H18. The van der Waals surface area contributed by atoms with Gasteiger partial charge in [-0.25, -0.2) is 0 Å². The highest BCUT2D eigenvalue weighted by Crippen LogP contribution is 2.62. The highest BCUT2D eigenvalue weighted by molar-refractivity contribution is 5.10. The van der Waals surface area contributed by atoms with Crippen molar-refractivity contribution in [2.75, 3.05) is 0 Å². The standard InChI is InChI=1S/C11H18/c1-4-8-6-10-7(3)9(5-2)11(8)10/h5,7-11H,2,4,6H2,1,3H3. The van der Waals surface area contributed by atoms with E-state index < -0.39 is 0 Å². The molecule has 0 saturated heterocycles. The second-order valence-electron chi connectivity index (χ2n) is 4.32. The second-order valence-corrected chi connectivity index (χ2v) is 4.32. The SMILES string of the molecule is C=CC1C(C)C2CC(CC)C12. The van der Waals surface area contributed by atoms with Crippen molar-refractivity contribution in [2.24, 2.45) is 29.6 Å². The van der Waals surface area contributed by atoms with E-state index in [2.05, 4.69) is 26.5 Å². The minimum Gasteiger partial charge on any atom is -0.103 e. The van der Waals surface area contributed by atoms with Crippen molar-refractivity contribution in [3.05, 3.63) is 12.7 Å². The van der Waals surface area contributed by atoms with Crippen LogP contribution in [0.5, 0.6) is 0 Å². The molecular weight excluding hydrogens is 132 g/mol.